The van der Waals surface area contributed by atoms with Gasteiger partial charge in [-0.1, -0.05) is 42.5 Å². The van der Waals surface area contributed by atoms with Crippen molar-refractivity contribution < 1.29 is 4.39 Å². The second kappa shape index (κ2) is 5.06. The summed E-state index contributed by atoms with van der Waals surface area (Å²) < 4.78 is 13.4. The molecular weight excluding hydrogens is 249 g/mol. The number of hydrogen-bond acceptors (Lipinski definition) is 1. The standard InChI is InChI=1S/C18H16FN/c1-12-6-8-18(17-5-3-2-4-15(12)17)16-9-7-14(19)10-13(16)11-20/h2-10H,11,20H2,1H3. The summed E-state index contributed by atoms with van der Waals surface area (Å²) in [5.74, 6) is -0.245. The van der Waals surface area contributed by atoms with Gasteiger partial charge in [0.25, 0.3) is 0 Å². The van der Waals surface area contributed by atoms with E-state index in [1.807, 2.05) is 18.2 Å². The Morgan fingerprint density at radius 3 is 2.35 bits per heavy atom. The van der Waals surface area contributed by atoms with E-state index in [1.54, 1.807) is 0 Å². The highest BCUT2D eigenvalue weighted by Gasteiger charge is 2.09. The van der Waals surface area contributed by atoms with Crippen molar-refractivity contribution in [2.75, 3.05) is 0 Å². The largest absolute Gasteiger partial charge is 0.326 e. The van der Waals surface area contributed by atoms with Crippen LogP contribution in [0.25, 0.3) is 21.9 Å². The molecule has 0 saturated carbocycles. The number of rotatable bonds is 2. The van der Waals surface area contributed by atoms with E-state index in [0.717, 1.165) is 16.7 Å². The molecule has 2 N–H and O–H groups in total. The summed E-state index contributed by atoms with van der Waals surface area (Å²) in [5, 5.41) is 2.39. The number of aryl methyl sites for hydroxylation is 1. The lowest BCUT2D eigenvalue weighted by molar-refractivity contribution is 0.625. The quantitative estimate of drug-likeness (QED) is 0.729. The van der Waals surface area contributed by atoms with Gasteiger partial charge in [-0.2, -0.15) is 0 Å². The molecule has 0 radical (unpaired) electrons. The minimum absolute atomic E-state index is 0.245. The monoisotopic (exact) mass is 265 g/mol. The van der Waals surface area contributed by atoms with E-state index in [-0.39, 0.29) is 5.82 Å². The van der Waals surface area contributed by atoms with Crippen molar-refractivity contribution in [1.82, 2.24) is 0 Å². The van der Waals surface area contributed by atoms with Crippen molar-refractivity contribution >= 4 is 10.8 Å². The van der Waals surface area contributed by atoms with Crippen LogP contribution in [0.15, 0.2) is 54.6 Å². The molecule has 20 heavy (non-hydrogen) atoms. The van der Waals surface area contributed by atoms with Gasteiger partial charge in [-0.25, -0.2) is 4.39 Å². The Morgan fingerprint density at radius 1 is 0.900 bits per heavy atom. The summed E-state index contributed by atoms with van der Waals surface area (Å²) in [7, 11) is 0. The highest BCUT2D eigenvalue weighted by Crippen LogP contribution is 2.32. The van der Waals surface area contributed by atoms with Gasteiger partial charge in [0, 0.05) is 6.54 Å². The topological polar surface area (TPSA) is 26.0 Å². The van der Waals surface area contributed by atoms with Crippen molar-refractivity contribution in [2.45, 2.75) is 13.5 Å². The van der Waals surface area contributed by atoms with Gasteiger partial charge in [0.15, 0.2) is 0 Å². The Morgan fingerprint density at radius 2 is 1.60 bits per heavy atom. The van der Waals surface area contributed by atoms with Gasteiger partial charge >= 0.3 is 0 Å². The molecule has 0 bridgehead atoms. The Balaban J connectivity index is 2.33. The minimum atomic E-state index is -0.245. The van der Waals surface area contributed by atoms with Crippen molar-refractivity contribution in [3.05, 3.63) is 71.5 Å². The normalized spacial score (nSPS) is 10.9. The van der Waals surface area contributed by atoms with E-state index in [4.69, 9.17) is 5.73 Å². The number of benzene rings is 3. The van der Waals surface area contributed by atoms with Crippen LogP contribution in [-0.4, -0.2) is 0 Å². The lowest BCUT2D eigenvalue weighted by Crippen LogP contribution is -2.00. The Kier molecular flexibility index (Phi) is 3.25. The third-order valence-corrected chi connectivity index (χ3v) is 3.72. The molecule has 0 unspecified atom stereocenters. The van der Waals surface area contributed by atoms with Crippen LogP contribution < -0.4 is 5.73 Å². The molecule has 3 aromatic carbocycles. The zero-order valence-corrected chi connectivity index (χ0v) is 11.4. The van der Waals surface area contributed by atoms with Crippen molar-refractivity contribution in [2.24, 2.45) is 5.73 Å². The van der Waals surface area contributed by atoms with Crippen LogP contribution in [0, 0.1) is 12.7 Å². The molecule has 1 nitrogen and oxygen atoms in total. The average molecular weight is 265 g/mol. The maximum absolute atomic E-state index is 13.4. The maximum atomic E-state index is 13.4. The predicted molar refractivity (Wildman–Crippen MR) is 82.0 cm³/mol. The fourth-order valence-corrected chi connectivity index (χ4v) is 2.68. The van der Waals surface area contributed by atoms with Crippen LogP contribution >= 0.6 is 0 Å². The molecule has 0 saturated heterocycles. The third kappa shape index (κ3) is 2.08. The molecule has 0 fully saturated rings. The molecule has 0 aliphatic heterocycles. The lowest BCUT2D eigenvalue weighted by Gasteiger charge is -2.13. The van der Waals surface area contributed by atoms with E-state index in [1.165, 1.54) is 28.5 Å². The van der Waals surface area contributed by atoms with Gasteiger partial charge < -0.3 is 5.73 Å². The molecule has 3 aromatic rings. The molecular formula is C18H16FN. The van der Waals surface area contributed by atoms with Crippen LogP contribution in [-0.2, 0) is 6.54 Å². The smallest absolute Gasteiger partial charge is 0.123 e. The van der Waals surface area contributed by atoms with Gasteiger partial charge in [-0.3, -0.25) is 0 Å². The summed E-state index contributed by atoms with van der Waals surface area (Å²) in [6.07, 6.45) is 0. The Labute approximate surface area is 117 Å². The van der Waals surface area contributed by atoms with E-state index < -0.39 is 0 Å². The molecule has 0 atom stereocenters. The zero-order chi connectivity index (χ0) is 14.1. The summed E-state index contributed by atoms with van der Waals surface area (Å²) in [6, 6.07) is 17.3. The highest BCUT2D eigenvalue weighted by atomic mass is 19.1. The van der Waals surface area contributed by atoms with Gasteiger partial charge in [0.2, 0.25) is 0 Å². The first kappa shape index (κ1) is 12.8. The summed E-state index contributed by atoms with van der Waals surface area (Å²) in [6.45, 7) is 2.43. The SMILES string of the molecule is Cc1ccc(-c2ccc(F)cc2CN)c2ccccc12. The first-order valence-corrected chi connectivity index (χ1v) is 6.68. The molecule has 0 heterocycles. The number of halogens is 1. The van der Waals surface area contributed by atoms with E-state index in [0.29, 0.717) is 6.54 Å². The van der Waals surface area contributed by atoms with Crippen LogP contribution in [0.3, 0.4) is 0 Å². The van der Waals surface area contributed by atoms with Crippen LogP contribution in [0.2, 0.25) is 0 Å². The summed E-state index contributed by atoms with van der Waals surface area (Å²) in [5.41, 5.74) is 9.94. The fraction of sp³-hybridized carbons (Fsp3) is 0.111. The molecule has 0 aliphatic rings. The lowest BCUT2D eigenvalue weighted by atomic mass is 9.92. The Hall–Kier alpha value is -2.19. The molecule has 0 spiro atoms. The first-order valence-electron chi connectivity index (χ1n) is 6.68. The first-order chi connectivity index (χ1) is 9.70. The average Bonchev–Trinajstić information content (AvgIpc) is 2.48. The number of nitrogens with two attached hydrogens (primary N) is 1. The van der Waals surface area contributed by atoms with Gasteiger partial charge in [0.1, 0.15) is 5.82 Å². The summed E-state index contributed by atoms with van der Waals surface area (Å²) >= 11 is 0. The van der Waals surface area contributed by atoms with E-state index in [9.17, 15) is 4.39 Å². The van der Waals surface area contributed by atoms with E-state index in [2.05, 4.69) is 31.2 Å². The van der Waals surface area contributed by atoms with Crippen molar-refractivity contribution in [3.8, 4) is 11.1 Å². The third-order valence-electron chi connectivity index (χ3n) is 3.72. The number of fused-ring (bicyclic) bond motifs is 1. The predicted octanol–water partition coefficient (Wildman–Crippen LogP) is 4.41. The van der Waals surface area contributed by atoms with E-state index >= 15 is 0 Å². The second-order valence-corrected chi connectivity index (χ2v) is 4.98. The summed E-state index contributed by atoms with van der Waals surface area (Å²) in [4.78, 5) is 0. The van der Waals surface area contributed by atoms with Gasteiger partial charge in [0.05, 0.1) is 0 Å². The van der Waals surface area contributed by atoms with Crippen LogP contribution in [0.5, 0.6) is 0 Å². The molecule has 0 aromatic heterocycles. The minimum Gasteiger partial charge on any atom is -0.326 e. The number of hydrogen-bond donors (Lipinski definition) is 1. The molecule has 2 heteroatoms. The van der Waals surface area contributed by atoms with Gasteiger partial charge in [-0.05, 0) is 52.1 Å². The zero-order valence-electron chi connectivity index (χ0n) is 11.4. The molecule has 3 rings (SSSR count). The second-order valence-electron chi connectivity index (χ2n) is 4.98. The fourth-order valence-electron chi connectivity index (χ4n) is 2.68. The highest BCUT2D eigenvalue weighted by molar-refractivity contribution is 5.99. The molecule has 0 amide bonds. The van der Waals surface area contributed by atoms with Crippen molar-refractivity contribution in [1.29, 1.82) is 0 Å². The Bertz CT molecular complexity index is 777. The molecule has 0 aliphatic carbocycles. The van der Waals surface area contributed by atoms with Crippen LogP contribution in [0.4, 0.5) is 4.39 Å². The van der Waals surface area contributed by atoms with Crippen molar-refractivity contribution in [3.63, 3.8) is 0 Å². The van der Waals surface area contributed by atoms with Crippen LogP contribution in [0.1, 0.15) is 11.1 Å². The van der Waals surface area contributed by atoms with Gasteiger partial charge in [-0.15, -0.1) is 0 Å². The molecule has 100 valence electrons. The maximum Gasteiger partial charge on any atom is 0.123 e.